The van der Waals surface area contributed by atoms with E-state index in [9.17, 15) is 81.1 Å². The molecule has 5 rings (SSSR count). The maximum absolute atomic E-state index is 12.7. The summed E-state index contributed by atoms with van der Waals surface area (Å²) in [6, 6.07) is -3.30. The summed E-state index contributed by atoms with van der Waals surface area (Å²) < 4.78 is 52.3. The van der Waals surface area contributed by atoms with Crippen molar-refractivity contribution in [3.8, 4) is 0 Å². The van der Waals surface area contributed by atoms with Crippen molar-refractivity contribution in [2.45, 2.75) is 174 Å². The van der Waals surface area contributed by atoms with E-state index >= 15 is 0 Å². The highest BCUT2D eigenvalue weighted by molar-refractivity contribution is 5.73. The number of hydrogen-bond acceptors (Lipinski definition) is 25. The third-order valence-electron chi connectivity index (χ3n) is 11.1. The SMILES string of the molecule is CC(=O)N[C@H]1[C@@H](O[C@H]2[C@@H](O)[C@@H](CO)O[C@@H](O[C@H]3[C@H](O)[C@@H](NC(C)=O)C(O)O[C@@H]3CO)[C@@H]2O[C@@H]2O[C@@H](C)[C@@H](O)[C@@H](O)[C@@H]2O)O[C@H](CO)[C@H](O)[C@@H]1O[C@@H]1O[C@H](CO)[C@H](O)[C@H](O)[C@H]1O. The standard InChI is InChI=1S/C34H58N2O25/c1-8-17(43)22(48)24(50)32(53-8)61-29-28(20(46)13(6-39)57-34(29)58-26-14(7-40)54-30(52)15(21(26)47)35-9(2)41)60-31-16(36-10(3)42)27(19(45)12(5-38)55-31)59-33-25(51)23(49)18(44)11(4-37)56-33/h8,11-34,37-40,43-52H,4-7H2,1-3H3,(H,35,41)(H,36,42)/t8-,11+,12+,13+,14+,15+,16+,17+,18-,19-,20-,21+,22+,23-,24-,25+,26+,27+,28-,29+,30?,31+,32-,33-,34-/m0/s1. The van der Waals surface area contributed by atoms with Gasteiger partial charge in [0.05, 0.1) is 32.5 Å². The van der Waals surface area contributed by atoms with Crippen LogP contribution in [-0.4, -0.2) is 263 Å². The van der Waals surface area contributed by atoms with Crippen LogP contribution < -0.4 is 10.6 Å². The number of aliphatic hydroxyl groups excluding tert-OH is 14. The molecule has 25 atom stereocenters. The van der Waals surface area contributed by atoms with E-state index in [2.05, 4.69) is 10.6 Å². The molecule has 61 heavy (non-hydrogen) atoms. The van der Waals surface area contributed by atoms with Crippen LogP contribution in [0.15, 0.2) is 0 Å². The second-order valence-electron chi connectivity index (χ2n) is 15.4. The molecule has 0 radical (unpaired) electrons. The second kappa shape index (κ2) is 21.3. The van der Waals surface area contributed by atoms with Crippen molar-refractivity contribution in [2.24, 2.45) is 0 Å². The Morgan fingerprint density at radius 3 is 1.41 bits per heavy atom. The first-order valence-corrected chi connectivity index (χ1v) is 19.5. The number of hydrogen-bond donors (Lipinski definition) is 16. The molecule has 5 aliphatic heterocycles. The first-order valence-electron chi connectivity index (χ1n) is 19.5. The number of rotatable bonds is 14. The second-order valence-corrected chi connectivity index (χ2v) is 15.4. The quantitative estimate of drug-likeness (QED) is 0.0770. The largest absolute Gasteiger partial charge is 0.394 e. The molecule has 0 aromatic heterocycles. The summed E-state index contributed by atoms with van der Waals surface area (Å²) in [5.74, 6) is -1.55. The molecule has 5 saturated heterocycles. The van der Waals surface area contributed by atoms with Gasteiger partial charge in [0.2, 0.25) is 11.8 Å². The van der Waals surface area contributed by atoms with Crippen LogP contribution in [0, 0.1) is 0 Å². The predicted octanol–water partition coefficient (Wildman–Crippen LogP) is -10.6. The molecular weight excluding hydrogens is 836 g/mol. The van der Waals surface area contributed by atoms with E-state index in [0.717, 1.165) is 13.8 Å². The molecule has 2 amide bonds. The third kappa shape index (κ3) is 10.8. The van der Waals surface area contributed by atoms with E-state index in [-0.39, 0.29) is 0 Å². The number of amides is 2. The van der Waals surface area contributed by atoms with Gasteiger partial charge in [-0.2, -0.15) is 0 Å². The van der Waals surface area contributed by atoms with Gasteiger partial charge in [-0.3, -0.25) is 9.59 Å². The van der Waals surface area contributed by atoms with Gasteiger partial charge in [0.1, 0.15) is 116 Å². The van der Waals surface area contributed by atoms with Gasteiger partial charge in [-0.25, -0.2) is 0 Å². The fourth-order valence-electron chi connectivity index (χ4n) is 7.75. The lowest BCUT2D eigenvalue weighted by atomic mass is 9.93. The Morgan fingerprint density at radius 1 is 0.426 bits per heavy atom. The van der Waals surface area contributed by atoms with Gasteiger partial charge in [-0.1, -0.05) is 0 Å². The first-order chi connectivity index (χ1) is 28.8. The fraction of sp³-hybridized carbons (Fsp3) is 0.941. The van der Waals surface area contributed by atoms with Gasteiger partial charge < -0.3 is 125 Å². The van der Waals surface area contributed by atoms with Gasteiger partial charge in [-0.15, -0.1) is 0 Å². The Kier molecular flexibility index (Phi) is 17.5. The summed E-state index contributed by atoms with van der Waals surface area (Å²) in [5.41, 5.74) is 0. The van der Waals surface area contributed by atoms with Crippen LogP contribution >= 0.6 is 0 Å². The minimum Gasteiger partial charge on any atom is -0.394 e. The highest BCUT2D eigenvalue weighted by Gasteiger charge is 2.58. The molecule has 0 aromatic rings. The van der Waals surface area contributed by atoms with E-state index in [4.69, 9.17) is 42.6 Å². The lowest BCUT2D eigenvalue weighted by molar-refractivity contribution is -0.401. The smallest absolute Gasteiger partial charge is 0.217 e. The predicted molar refractivity (Wildman–Crippen MR) is 188 cm³/mol. The molecule has 27 nitrogen and oxygen atoms in total. The fourth-order valence-corrected chi connectivity index (χ4v) is 7.75. The van der Waals surface area contributed by atoms with Crippen LogP contribution in [-0.2, 0) is 52.2 Å². The van der Waals surface area contributed by atoms with Crippen molar-refractivity contribution in [3.63, 3.8) is 0 Å². The maximum Gasteiger partial charge on any atom is 0.217 e. The molecule has 0 aliphatic carbocycles. The Balaban J connectivity index is 1.55. The normalized spacial score (nSPS) is 49.6. The van der Waals surface area contributed by atoms with Gasteiger partial charge in [0.25, 0.3) is 0 Å². The summed E-state index contributed by atoms with van der Waals surface area (Å²) in [5, 5.41) is 153. The molecule has 27 heteroatoms. The molecule has 5 heterocycles. The summed E-state index contributed by atoms with van der Waals surface area (Å²) in [6.07, 6.45) is -42.1. The number of nitrogens with one attached hydrogen (secondary N) is 2. The molecule has 0 aromatic carbocycles. The Hall–Kier alpha value is -1.98. The first kappa shape index (κ1) is 50.0. The molecule has 5 fully saturated rings. The zero-order valence-corrected chi connectivity index (χ0v) is 33.0. The average molecular weight is 895 g/mol. The van der Waals surface area contributed by atoms with Gasteiger partial charge in [0.15, 0.2) is 31.5 Å². The van der Waals surface area contributed by atoms with Crippen molar-refractivity contribution >= 4 is 11.8 Å². The molecule has 5 aliphatic rings. The van der Waals surface area contributed by atoms with E-state index < -0.39 is 192 Å². The van der Waals surface area contributed by atoms with Crippen molar-refractivity contribution in [1.82, 2.24) is 10.6 Å². The van der Waals surface area contributed by atoms with Crippen LogP contribution in [0.4, 0.5) is 0 Å². The van der Waals surface area contributed by atoms with Gasteiger partial charge in [0, 0.05) is 13.8 Å². The molecule has 0 bridgehead atoms. The van der Waals surface area contributed by atoms with Crippen LogP contribution in [0.3, 0.4) is 0 Å². The Morgan fingerprint density at radius 2 is 0.852 bits per heavy atom. The maximum atomic E-state index is 12.7. The summed E-state index contributed by atoms with van der Waals surface area (Å²) in [6.45, 7) is -0.364. The molecule has 1 unspecified atom stereocenters. The van der Waals surface area contributed by atoms with E-state index in [1.54, 1.807) is 0 Å². The number of carbonyl (C=O) groups excluding carboxylic acids is 2. The lowest BCUT2D eigenvalue weighted by Crippen LogP contribution is -2.71. The minimum absolute atomic E-state index is 0.723. The number of ether oxygens (including phenoxy) is 9. The van der Waals surface area contributed by atoms with Gasteiger partial charge >= 0.3 is 0 Å². The van der Waals surface area contributed by atoms with E-state index in [0.29, 0.717) is 0 Å². The molecule has 0 spiro atoms. The van der Waals surface area contributed by atoms with E-state index in [1.165, 1.54) is 6.92 Å². The summed E-state index contributed by atoms with van der Waals surface area (Å²) in [7, 11) is 0. The van der Waals surface area contributed by atoms with Crippen molar-refractivity contribution in [2.75, 3.05) is 26.4 Å². The Bertz CT molecular complexity index is 1420. The van der Waals surface area contributed by atoms with E-state index in [1.807, 2.05) is 0 Å². The summed E-state index contributed by atoms with van der Waals surface area (Å²) in [4.78, 5) is 24.6. The Labute approximate surface area is 346 Å². The van der Waals surface area contributed by atoms with Crippen LogP contribution in [0.1, 0.15) is 20.8 Å². The van der Waals surface area contributed by atoms with Crippen LogP contribution in [0.25, 0.3) is 0 Å². The average Bonchev–Trinajstić information content (AvgIpc) is 3.22. The van der Waals surface area contributed by atoms with Crippen LogP contribution in [0.2, 0.25) is 0 Å². The third-order valence-corrected chi connectivity index (χ3v) is 11.1. The number of aliphatic hydroxyl groups is 14. The van der Waals surface area contributed by atoms with Crippen molar-refractivity contribution in [1.29, 1.82) is 0 Å². The monoisotopic (exact) mass is 894 g/mol. The van der Waals surface area contributed by atoms with Gasteiger partial charge in [-0.05, 0) is 6.92 Å². The highest BCUT2D eigenvalue weighted by atomic mass is 16.8. The zero-order valence-electron chi connectivity index (χ0n) is 33.0. The molecule has 354 valence electrons. The number of carbonyl (C=O) groups is 2. The molecule has 0 saturated carbocycles. The zero-order chi connectivity index (χ0) is 45.2. The van der Waals surface area contributed by atoms with Crippen molar-refractivity contribution < 1.29 is 124 Å². The highest BCUT2D eigenvalue weighted by Crippen LogP contribution is 2.37. The molecular formula is C34H58N2O25. The topological polar surface area (TPSA) is 424 Å². The minimum atomic E-state index is -2.03. The lowest BCUT2D eigenvalue weighted by Gasteiger charge is -2.51. The molecule has 16 N–H and O–H groups in total. The van der Waals surface area contributed by atoms with Crippen LogP contribution in [0.5, 0.6) is 0 Å². The summed E-state index contributed by atoms with van der Waals surface area (Å²) >= 11 is 0. The van der Waals surface area contributed by atoms with Crippen molar-refractivity contribution in [3.05, 3.63) is 0 Å².